The molecule has 0 fully saturated rings. The predicted octanol–water partition coefficient (Wildman–Crippen LogP) is 5.20. The van der Waals surface area contributed by atoms with Crippen LogP contribution >= 0.6 is 11.6 Å². The number of rotatable bonds is 7. The summed E-state index contributed by atoms with van der Waals surface area (Å²) >= 11 is 6.18. The normalized spacial score (nSPS) is 12.0. The molecule has 26 heavy (non-hydrogen) atoms. The third kappa shape index (κ3) is 5.23. The Morgan fingerprint density at radius 2 is 1.96 bits per heavy atom. The van der Waals surface area contributed by atoms with E-state index in [4.69, 9.17) is 25.8 Å². The number of carbonyl (C=O) groups excluding carboxylic acids is 1. The molecular weight excluding hydrogens is 359 g/mol. The molecule has 6 heteroatoms. The summed E-state index contributed by atoms with van der Waals surface area (Å²) in [4.78, 5) is 12.0. The molecule has 1 atom stereocenters. The van der Waals surface area contributed by atoms with Crippen LogP contribution < -0.4 is 9.47 Å². The smallest absolute Gasteiger partial charge is 0.331 e. The van der Waals surface area contributed by atoms with Crippen molar-refractivity contribution < 1.29 is 23.4 Å². The fourth-order valence-electron chi connectivity index (χ4n) is 2.32. The molecule has 0 aliphatic carbocycles. The van der Waals surface area contributed by atoms with Crippen LogP contribution in [0, 0.1) is 5.82 Å². The summed E-state index contributed by atoms with van der Waals surface area (Å²) in [6, 6.07) is 9.19. The van der Waals surface area contributed by atoms with Crippen LogP contribution in [0.1, 0.15) is 31.1 Å². The maximum absolute atomic E-state index is 12.9. The third-order valence-corrected chi connectivity index (χ3v) is 3.86. The Kier molecular flexibility index (Phi) is 7.04. The van der Waals surface area contributed by atoms with Crippen LogP contribution in [0.3, 0.4) is 0 Å². The lowest BCUT2D eigenvalue weighted by atomic mass is 10.1. The molecule has 2 aromatic carbocycles. The molecule has 0 spiro atoms. The SMILES string of the molecule is CCOc1cc(/C=C/C(=O)O[C@H](C)c2ccc(F)cc2)cc(Cl)c1OC. The van der Waals surface area contributed by atoms with Crippen molar-refractivity contribution in [3.05, 3.63) is 64.4 Å². The minimum atomic E-state index is -0.522. The second-order valence-electron chi connectivity index (χ2n) is 5.43. The van der Waals surface area contributed by atoms with Crippen LogP contribution in [0.2, 0.25) is 5.02 Å². The second-order valence-corrected chi connectivity index (χ2v) is 5.84. The standard InChI is InChI=1S/C20H20ClFO4/c1-4-25-18-12-14(11-17(21)20(18)24-3)5-10-19(23)26-13(2)15-6-8-16(22)9-7-15/h5-13H,4H2,1-3H3/b10-5+/t13-/m1/s1. The van der Waals surface area contributed by atoms with E-state index >= 15 is 0 Å². The molecule has 0 saturated carbocycles. The number of carbonyl (C=O) groups is 1. The topological polar surface area (TPSA) is 44.8 Å². The molecule has 138 valence electrons. The van der Waals surface area contributed by atoms with Gasteiger partial charge in [-0.1, -0.05) is 23.7 Å². The average Bonchev–Trinajstić information content (AvgIpc) is 2.60. The van der Waals surface area contributed by atoms with Crippen molar-refractivity contribution >= 4 is 23.6 Å². The Morgan fingerprint density at radius 1 is 1.27 bits per heavy atom. The van der Waals surface area contributed by atoms with Crippen molar-refractivity contribution in [1.82, 2.24) is 0 Å². The van der Waals surface area contributed by atoms with Crippen LogP contribution in [-0.4, -0.2) is 19.7 Å². The molecular formula is C20H20ClFO4. The number of esters is 1. The molecule has 0 bridgehead atoms. The molecule has 0 N–H and O–H groups in total. The average molecular weight is 379 g/mol. The second kappa shape index (κ2) is 9.25. The summed E-state index contributed by atoms with van der Waals surface area (Å²) in [6.07, 6.45) is 2.38. The lowest BCUT2D eigenvalue weighted by molar-refractivity contribution is -0.142. The quantitative estimate of drug-likeness (QED) is 0.490. The van der Waals surface area contributed by atoms with E-state index in [-0.39, 0.29) is 5.82 Å². The molecule has 4 nitrogen and oxygen atoms in total. The molecule has 2 rings (SSSR count). The zero-order valence-corrected chi connectivity index (χ0v) is 15.5. The highest BCUT2D eigenvalue weighted by atomic mass is 35.5. The van der Waals surface area contributed by atoms with E-state index in [0.29, 0.717) is 34.3 Å². The molecule has 0 radical (unpaired) electrons. The lowest BCUT2D eigenvalue weighted by Crippen LogP contribution is -2.06. The van der Waals surface area contributed by atoms with Gasteiger partial charge in [-0.05, 0) is 55.3 Å². The van der Waals surface area contributed by atoms with Crippen LogP contribution in [0.15, 0.2) is 42.5 Å². The first-order chi connectivity index (χ1) is 12.4. The molecule has 0 aliphatic heterocycles. The molecule has 0 saturated heterocycles. The Balaban J connectivity index is 2.08. The number of methoxy groups -OCH3 is 1. The van der Waals surface area contributed by atoms with E-state index < -0.39 is 12.1 Å². The van der Waals surface area contributed by atoms with Gasteiger partial charge in [-0.3, -0.25) is 0 Å². The van der Waals surface area contributed by atoms with Crippen LogP contribution in [0.25, 0.3) is 6.08 Å². The van der Waals surface area contributed by atoms with E-state index in [9.17, 15) is 9.18 Å². The van der Waals surface area contributed by atoms with Gasteiger partial charge in [0.25, 0.3) is 0 Å². The first kappa shape index (κ1) is 19.8. The number of benzene rings is 2. The summed E-state index contributed by atoms with van der Waals surface area (Å²) in [5, 5.41) is 0.381. The Hall–Kier alpha value is -2.53. The van der Waals surface area contributed by atoms with Crippen LogP contribution in [-0.2, 0) is 9.53 Å². The molecule has 0 amide bonds. The summed E-state index contributed by atoms with van der Waals surface area (Å²) in [5.74, 6) is 0.0776. The number of ether oxygens (including phenoxy) is 3. The van der Waals surface area contributed by atoms with Gasteiger partial charge in [-0.25, -0.2) is 9.18 Å². The van der Waals surface area contributed by atoms with Crippen molar-refractivity contribution in [2.75, 3.05) is 13.7 Å². The van der Waals surface area contributed by atoms with Crippen molar-refractivity contribution in [3.63, 3.8) is 0 Å². The summed E-state index contributed by atoms with van der Waals surface area (Å²) in [5.41, 5.74) is 1.38. The van der Waals surface area contributed by atoms with E-state index in [2.05, 4.69) is 0 Å². The summed E-state index contributed by atoms with van der Waals surface area (Å²) in [6.45, 7) is 4.03. The van der Waals surface area contributed by atoms with Crippen molar-refractivity contribution in [2.45, 2.75) is 20.0 Å². The monoisotopic (exact) mass is 378 g/mol. The largest absolute Gasteiger partial charge is 0.491 e. The van der Waals surface area contributed by atoms with E-state index in [0.717, 1.165) is 0 Å². The highest BCUT2D eigenvalue weighted by molar-refractivity contribution is 6.32. The van der Waals surface area contributed by atoms with Gasteiger partial charge in [-0.15, -0.1) is 0 Å². The number of halogens is 2. The molecule has 0 aromatic heterocycles. The van der Waals surface area contributed by atoms with Crippen molar-refractivity contribution in [1.29, 1.82) is 0 Å². The number of hydrogen-bond donors (Lipinski definition) is 0. The Bertz CT molecular complexity index is 787. The highest BCUT2D eigenvalue weighted by Gasteiger charge is 2.12. The third-order valence-electron chi connectivity index (χ3n) is 3.58. The first-order valence-electron chi connectivity index (χ1n) is 8.09. The summed E-state index contributed by atoms with van der Waals surface area (Å²) < 4.78 is 29.0. The van der Waals surface area contributed by atoms with Gasteiger partial charge in [0, 0.05) is 6.08 Å². The fourth-order valence-corrected chi connectivity index (χ4v) is 2.62. The van der Waals surface area contributed by atoms with Gasteiger partial charge in [0.1, 0.15) is 11.9 Å². The molecule has 0 aliphatic rings. The lowest BCUT2D eigenvalue weighted by Gasteiger charge is -2.13. The minimum absolute atomic E-state index is 0.339. The van der Waals surface area contributed by atoms with Gasteiger partial charge >= 0.3 is 5.97 Å². The highest BCUT2D eigenvalue weighted by Crippen LogP contribution is 2.36. The Labute approximate surface area is 157 Å². The van der Waals surface area contributed by atoms with Gasteiger partial charge < -0.3 is 14.2 Å². The van der Waals surface area contributed by atoms with Crippen molar-refractivity contribution in [3.8, 4) is 11.5 Å². The molecule has 0 unspecified atom stereocenters. The maximum Gasteiger partial charge on any atom is 0.331 e. The van der Waals surface area contributed by atoms with Gasteiger partial charge in [0.15, 0.2) is 11.5 Å². The predicted molar refractivity (Wildman–Crippen MR) is 99.1 cm³/mol. The molecule has 2 aromatic rings. The zero-order valence-electron chi connectivity index (χ0n) is 14.8. The summed E-state index contributed by atoms with van der Waals surface area (Å²) in [7, 11) is 1.51. The first-order valence-corrected chi connectivity index (χ1v) is 8.46. The van der Waals surface area contributed by atoms with E-state index in [1.54, 1.807) is 37.3 Å². The van der Waals surface area contributed by atoms with Gasteiger partial charge in [-0.2, -0.15) is 0 Å². The van der Waals surface area contributed by atoms with Gasteiger partial charge in [0.2, 0.25) is 0 Å². The van der Waals surface area contributed by atoms with E-state index in [1.165, 1.54) is 25.3 Å². The van der Waals surface area contributed by atoms with Crippen LogP contribution in [0.4, 0.5) is 4.39 Å². The Morgan fingerprint density at radius 3 is 2.58 bits per heavy atom. The number of hydrogen-bond acceptors (Lipinski definition) is 4. The van der Waals surface area contributed by atoms with Crippen molar-refractivity contribution in [2.24, 2.45) is 0 Å². The minimum Gasteiger partial charge on any atom is -0.491 e. The fraction of sp³-hybridized carbons (Fsp3) is 0.250. The van der Waals surface area contributed by atoms with E-state index in [1.807, 2.05) is 6.92 Å². The maximum atomic E-state index is 12.9. The van der Waals surface area contributed by atoms with Crippen LogP contribution in [0.5, 0.6) is 11.5 Å². The van der Waals surface area contributed by atoms with Gasteiger partial charge in [0.05, 0.1) is 18.7 Å². The zero-order chi connectivity index (χ0) is 19.1. The molecule has 0 heterocycles.